The average Bonchev–Trinajstić information content (AvgIpc) is 2.41. The summed E-state index contributed by atoms with van der Waals surface area (Å²) in [5.74, 6) is 1.05. The van der Waals surface area contributed by atoms with Gasteiger partial charge in [-0.3, -0.25) is 4.79 Å². The highest BCUT2D eigenvalue weighted by atomic mass is 16.5. The van der Waals surface area contributed by atoms with E-state index in [0.29, 0.717) is 23.4 Å². The average molecular weight is 248 g/mol. The van der Waals surface area contributed by atoms with E-state index < -0.39 is 0 Å². The van der Waals surface area contributed by atoms with Crippen molar-refractivity contribution in [3.8, 4) is 5.88 Å². The van der Waals surface area contributed by atoms with Crippen LogP contribution in [0.15, 0.2) is 18.3 Å². The van der Waals surface area contributed by atoms with Crippen molar-refractivity contribution in [1.29, 1.82) is 0 Å². The van der Waals surface area contributed by atoms with E-state index >= 15 is 0 Å². The lowest BCUT2D eigenvalue weighted by molar-refractivity contribution is 0.0910. The molecule has 1 aliphatic rings. The zero-order valence-corrected chi connectivity index (χ0v) is 11.0. The van der Waals surface area contributed by atoms with Gasteiger partial charge in [-0.1, -0.05) is 19.8 Å². The molecule has 1 saturated carbocycles. The molecule has 0 saturated heterocycles. The molecular weight excluding hydrogens is 228 g/mol. The molecule has 2 atom stereocenters. The fourth-order valence-corrected chi connectivity index (χ4v) is 2.42. The SMILES string of the molecule is COc1ccc(C(=O)N[C@@H]2CCCC[C@@H]2C)cn1. The van der Waals surface area contributed by atoms with Crippen LogP contribution >= 0.6 is 0 Å². The Morgan fingerprint density at radius 3 is 2.78 bits per heavy atom. The molecule has 1 aliphatic carbocycles. The number of methoxy groups -OCH3 is 1. The highest BCUT2D eigenvalue weighted by Crippen LogP contribution is 2.24. The lowest BCUT2D eigenvalue weighted by atomic mass is 9.86. The summed E-state index contributed by atoms with van der Waals surface area (Å²) in [6.07, 6.45) is 6.32. The Balaban J connectivity index is 1.97. The van der Waals surface area contributed by atoms with Gasteiger partial charge in [0, 0.05) is 18.3 Å². The Labute approximate surface area is 108 Å². The van der Waals surface area contributed by atoms with E-state index in [1.54, 1.807) is 25.4 Å². The van der Waals surface area contributed by atoms with E-state index in [2.05, 4.69) is 17.2 Å². The Kier molecular flexibility index (Phi) is 4.18. The number of carbonyl (C=O) groups excluding carboxylic acids is 1. The molecule has 2 rings (SSSR count). The van der Waals surface area contributed by atoms with Crippen molar-refractivity contribution in [3.63, 3.8) is 0 Å². The molecule has 1 aromatic rings. The molecule has 1 amide bonds. The van der Waals surface area contributed by atoms with Crippen molar-refractivity contribution in [1.82, 2.24) is 10.3 Å². The molecule has 0 radical (unpaired) electrons. The Bertz CT molecular complexity index is 403. The number of hydrogen-bond donors (Lipinski definition) is 1. The molecule has 4 heteroatoms. The van der Waals surface area contributed by atoms with Gasteiger partial charge < -0.3 is 10.1 Å². The predicted octanol–water partition coefficient (Wildman–Crippen LogP) is 2.40. The van der Waals surface area contributed by atoms with Crippen LogP contribution in [0.25, 0.3) is 0 Å². The third-order valence-electron chi connectivity index (χ3n) is 3.64. The van der Waals surface area contributed by atoms with Crippen molar-refractivity contribution < 1.29 is 9.53 Å². The highest BCUT2D eigenvalue weighted by Gasteiger charge is 2.23. The number of hydrogen-bond acceptors (Lipinski definition) is 3. The Morgan fingerprint density at radius 2 is 2.17 bits per heavy atom. The number of amides is 1. The van der Waals surface area contributed by atoms with Crippen molar-refractivity contribution in [2.75, 3.05) is 7.11 Å². The number of ether oxygens (including phenoxy) is 1. The van der Waals surface area contributed by atoms with Gasteiger partial charge in [-0.15, -0.1) is 0 Å². The molecule has 1 N–H and O–H groups in total. The number of carbonyl (C=O) groups is 1. The quantitative estimate of drug-likeness (QED) is 0.893. The van der Waals surface area contributed by atoms with Crippen molar-refractivity contribution in [3.05, 3.63) is 23.9 Å². The fourth-order valence-electron chi connectivity index (χ4n) is 2.42. The minimum Gasteiger partial charge on any atom is -0.481 e. The first-order valence-electron chi connectivity index (χ1n) is 6.51. The van der Waals surface area contributed by atoms with Gasteiger partial charge in [0.15, 0.2) is 0 Å². The Hall–Kier alpha value is -1.58. The second-order valence-corrected chi connectivity index (χ2v) is 4.93. The van der Waals surface area contributed by atoms with Crippen molar-refractivity contribution in [2.45, 2.75) is 38.6 Å². The van der Waals surface area contributed by atoms with Crippen LogP contribution < -0.4 is 10.1 Å². The number of pyridine rings is 1. The van der Waals surface area contributed by atoms with Gasteiger partial charge in [-0.05, 0) is 24.8 Å². The van der Waals surface area contributed by atoms with E-state index in [-0.39, 0.29) is 5.91 Å². The lowest BCUT2D eigenvalue weighted by Gasteiger charge is -2.29. The monoisotopic (exact) mass is 248 g/mol. The van der Waals surface area contributed by atoms with E-state index in [9.17, 15) is 4.79 Å². The van der Waals surface area contributed by atoms with Gasteiger partial charge >= 0.3 is 0 Å². The second kappa shape index (κ2) is 5.85. The van der Waals surface area contributed by atoms with E-state index in [4.69, 9.17) is 4.74 Å². The van der Waals surface area contributed by atoms with E-state index in [0.717, 1.165) is 6.42 Å². The molecule has 0 unspecified atom stereocenters. The zero-order chi connectivity index (χ0) is 13.0. The first-order valence-corrected chi connectivity index (χ1v) is 6.51. The maximum Gasteiger partial charge on any atom is 0.253 e. The number of nitrogens with one attached hydrogen (secondary N) is 1. The minimum absolute atomic E-state index is 0.0381. The largest absolute Gasteiger partial charge is 0.481 e. The summed E-state index contributed by atoms with van der Waals surface area (Å²) in [5, 5.41) is 3.10. The molecule has 18 heavy (non-hydrogen) atoms. The predicted molar refractivity (Wildman–Crippen MR) is 69.7 cm³/mol. The minimum atomic E-state index is -0.0381. The summed E-state index contributed by atoms with van der Waals surface area (Å²) in [5.41, 5.74) is 0.591. The highest BCUT2D eigenvalue weighted by molar-refractivity contribution is 5.94. The second-order valence-electron chi connectivity index (χ2n) is 4.93. The van der Waals surface area contributed by atoms with E-state index in [1.807, 2.05) is 0 Å². The number of rotatable bonds is 3. The van der Waals surface area contributed by atoms with Crippen LogP contribution in [-0.4, -0.2) is 24.0 Å². The van der Waals surface area contributed by atoms with Crippen LogP contribution in [0, 0.1) is 5.92 Å². The molecule has 0 aromatic carbocycles. The van der Waals surface area contributed by atoms with Crippen molar-refractivity contribution in [2.24, 2.45) is 5.92 Å². The van der Waals surface area contributed by atoms with Crippen LogP contribution in [0.1, 0.15) is 43.0 Å². The molecule has 1 aromatic heterocycles. The van der Waals surface area contributed by atoms with Gasteiger partial charge in [0.25, 0.3) is 5.91 Å². The summed E-state index contributed by atoms with van der Waals surface area (Å²) in [6.45, 7) is 2.20. The standard InChI is InChI=1S/C14H20N2O2/c1-10-5-3-4-6-12(10)16-14(17)11-7-8-13(18-2)15-9-11/h7-10,12H,3-6H2,1-2H3,(H,16,17)/t10-,12+/m0/s1. The number of aromatic nitrogens is 1. The van der Waals surface area contributed by atoms with Gasteiger partial charge in [-0.2, -0.15) is 0 Å². The van der Waals surface area contributed by atoms with Gasteiger partial charge in [-0.25, -0.2) is 4.98 Å². The van der Waals surface area contributed by atoms with Crippen molar-refractivity contribution >= 4 is 5.91 Å². The number of nitrogens with zero attached hydrogens (tertiary/aromatic N) is 1. The zero-order valence-electron chi connectivity index (χ0n) is 11.0. The summed E-state index contributed by atoms with van der Waals surface area (Å²) >= 11 is 0. The molecule has 98 valence electrons. The fraction of sp³-hybridized carbons (Fsp3) is 0.571. The van der Waals surface area contributed by atoms with Gasteiger partial charge in [0.05, 0.1) is 12.7 Å². The first kappa shape index (κ1) is 12.9. The molecule has 4 nitrogen and oxygen atoms in total. The molecule has 0 spiro atoms. The van der Waals surface area contributed by atoms with Crippen LogP contribution in [0.2, 0.25) is 0 Å². The van der Waals surface area contributed by atoms with Gasteiger partial charge in [0.1, 0.15) is 0 Å². The summed E-state index contributed by atoms with van der Waals surface area (Å²) in [6, 6.07) is 3.75. The normalized spacial score (nSPS) is 23.4. The van der Waals surface area contributed by atoms with Crippen LogP contribution in [0.3, 0.4) is 0 Å². The molecular formula is C14H20N2O2. The lowest BCUT2D eigenvalue weighted by Crippen LogP contribution is -2.41. The summed E-state index contributed by atoms with van der Waals surface area (Å²) in [4.78, 5) is 16.1. The summed E-state index contributed by atoms with van der Waals surface area (Å²) < 4.78 is 4.97. The van der Waals surface area contributed by atoms with Crippen LogP contribution in [0.5, 0.6) is 5.88 Å². The Morgan fingerprint density at radius 1 is 1.39 bits per heavy atom. The third-order valence-corrected chi connectivity index (χ3v) is 3.64. The molecule has 1 heterocycles. The van der Waals surface area contributed by atoms with E-state index in [1.165, 1.54) is 19.3 Å². The topological polar surface area (TPSA) is 51.2 Å². The maximum absolute atomic E-state index is 12.1. The summed E-state index contributed by atoms with van der Waals surface area (Å²) in [7, 11) is 1.56. The van der Waals surface area contributed by atoms with Crippen LogP contribution in [0.4, 0.5) is 0 Å². The smallest absolute Gasteiger partial charge is 0.253 e. The molecule has 0 aliphatic heterocycles. The van der Waals surface area contributed by atoms with Gasteiger partial charge in [0.2, 0.25) is 5.88 Å². The molecule has 0 bridgehead atoms. The first-order chi connectivity index (χ1) is 8.70. The maximum atomic E-state index is 12.1. The third kappa shape index (κ3) is 3.00. The van der Waals surface area contributed by atoms with Crippen LogP contribution in [-0.2, 0) is 0 Å². The molecule has 1 fully saturated rings.